The Bertz CT molecular complexity index is 723. The van der Waals surface area contributed by atoms with Crippen LogP contribution in [0.4, 0.5) is 5.69 Å². The maximum absolute atomic E-state index is 13.0. The average molecular weight is 475 g/mol. The lowest BCUT2D eigenvalue weighted by Crippen LogP contribution is -2.58. The van der Waals surface area contributed by atoms with Gasteiger partial charge in [-0.15, -0.1) is 0 Å². The molecule has 0 aliphatic carbocycles. The number of anilines is 1. The van der Waals surface area contributed by atoms with Gasteiger partial charge >= 0.3 is 0 Å². The minimum atomic E-state index is -0.864. The molecular formula is C18H22INO6. The van der Waals surface area contributed by atoms with E-state index in [4.69, 9.17) is 23.7 Å². The van der Waals surface area contributed by atoms with Gasteiger partial charge in [0.05, 0.1) is 5.69 Å². The highest BCUT2D eigenvalue weighted by Gasteiger charge is 2.62. The highest BCUT2D eigenvalue weighted by molar-refractivity contribution is 14.1. The molecule has 142 valence electrons. The minimum absolute atomic E-state index is 0.294. The standard InChI is InChI=1S/C18H22INO6/c1-17(2)23-11-12(24-17)14-16(26-18(3,4)25-14)22-13(11)15(21)20-10-8-6-5-7-9(10)19/h5-8,11-14,16H,1-4H3,(H,20,21)/t11-,12+,13+,14-,16+/m1/s1. The third-order valence-corrected chi connectivity index (χ3v) is 5.49. The van der Waals surface area contributed by atoms with Crippen LogP contribution in [0.3, 0.4) is 0 Å². The van der Waals surface area contributed by atoms with Crippen LogP contribution >= 0.6 is 22.6 Å². The molecule has 3 aliphatic rings. The summed E-state index contributed by atoms with van der Waals surface area (Å²) in [7, 11) is 0. The molecular weight excluding hydrogens is 453 g/mol. The molecule has 5 atom stereocenters. The first-order valence-electron chi connectivity index (χ1n) is 8.57. The highest BCUT2D eigenvalue weighted by atomic mass is 127. The van der Waals surface area contributed by atoms with Gasteiger partial charge in [-0.05, 0) is 62.4 Å². The summed E-state index contributed by atoms with van der Waals surface area (Å²) >= 11 is 2.17. The van der Waals surface area contributed by atoms with Gasteiger partial charge in [0.15, 0.2) is 24.0 Å². The number of benzene rings is 1. The second-order valence-corrected chi connectivity index (χ2v) is 8.72. The molecule has 0 bridgehead atoms. The van der Waals surface area contributed by atoms with Crippen LogP contribution in [0.5, 0.6) is 0 Å². The fraction of sp³-hybridized carbons (Fsp3) is 0.611. The first-order chi connectivity index (χ1) is 12.2. The monoisotopic (exact) mass is 475 g/mol. The van der Waals surface area contributed by atoms with E-state index in [0.29, 0.717) is 0 Å². The Balaban J connectivity index is 1.59. The summed E-state index contributed by atoms with van der Waals surface area (Å²) in [6.45, 7) is 7.25. The van der Waals surface area contributed by atoms with Crippen molar-refractivity contribution in [2.45, 2.75) is 70.0 Å². The number of para-hydroxylation sites is 1. The highest BCUT2D eigenvalue weighted by Crippen LogP contribution is 2.44. The van der Waals surface area contributed by atoms with Gasteiger partial charge in [0.2, 0.25) is 0 Å². The van der Waals surface area contributed by atoms with Crippen LogP contribution in [-0.2, 0) is 28.5 Å². The van der Waals surface area contributed by atoms with Crippen molar-refractivity contribution in [3.8, 4) is 0 Å². The molecule has 0 radical (unpaired) electrons. The zero-order valence-corrected chi connectivity index (χ0v) is 17.2. The third kappa shape index (κ3) is 3.38. The van der Waals surface area contributed by atoms with Crippen molar-refractivity contribution in [2.75, 3.05) is 5.32 Å². The van der Waals surface area contributed by atoms with Crippen molar-refractivity contribution >= 4 is 34.2 Å². The largest absolute Gasteiger partial charge is 0.342 e. The number of amides is 1. The molecule has 1 N–H and O–H groups in total. The van der Waals surface area contributed by atoms with E-state index in [1.54, 1.807) is 0 Å². The maximum atomic E-state index is 13.0. The van der Waals surface area contributed by atoms with Crippen molar-refractivity contribution < 1.29 is 28.5 Å². The summed E-state index contributed by atoms with van der Waals surface area (Å²) < 4.78 is 30.7. The van der Waals surface area contributed by atoms with Gasteiger partial charge in [0, 0.05) is 3.57 Å². The zero-order chi connectivity index (χ0) is 18.7. The summed E-state index contributed by atoms with van der Waals surface area (Å²) in [6.07, 6.45) is -3.02. The van der Waals surface area contributed by atoms with E-state index in [0.717, 1.165) is 9.26 Å². The predicted octanol–water partition coefficient (Wildman–Crippen LogP) is 2.63. The van der Waals surface area contributed by atoms with E-state index in [1.807, 2.05) is 52.0 Å². The zero-order valence-electron chi connectivity index (χ0n) is 15.0. The van der Waals surface area contributed by atoms with Gasteiger partial charge in [-0.3, -0.25) is 4.79 Å². The number of hydrogen-bond donors (Lipinski definition) is 1. The Morgan fingerprint density at radius 1 is 0.962 bits per heavy atom. The Hall–Kier alpha value is -0.780. The summed E-state index contributed by atoms with van der Waals surface area (Å²) in [6, 6.07) is 7.55. The minimum Gasteiger partial charge on any atom is -0.342 e. The maximum Gasteiger partial charge on any atom is 0.256 e. The van der Waals surface area contributed by atoms with Crippen LogP contribution < -0.4 is 5.32 Å². The summed E-state index contributed by atoms with van der Waals surface area (Å²) in [4.78, 5) is 13.0. The van der Waals surface area contributed by atoms with Crippen molar-refractivity contribution in [2.24, 2.45) is 0 Å². The molecule has 0 aromatic heterocycles. The van der Waals surface area contributed by atoms with Crippen molar-refractivity contribution in [1.29, 1.82) is 0 Å². The number of fused-ring (bicyclic) bond motifs is 3. The van der Waals surface area contributed by atoms with Gasteiger partial charge in [0.1, 0.15) is 18.3 Å². The van der Waals surface area contributed by atoms with E-state index >= 15 is 0 Å². The molecule has 3 saturated heterocycles. The Morgan fingerprint density at radius 2 is 1.58 bits per heavy atom. The van der Waals surface area contributed by atoms with Crippen molar-refractivity contribution in [3.05, 3.63) is 27.8 Å². The Morgan fingerprint density at radius 3 is 2.31 bits per heavy atom. The molecule has 0 spiro atoms. The molecule has 7 nitrogen and oxygen atoms in total. The van der Waals surface area contributed by atoms with Crippen LogP contribution in [0.15, 0.2) is 24.3 Å². The van der Waals surface area contributed by atoms with Gasteiger partial charge in [-0.1, -0.05) is 12.1 Å². The topological polar surface area (TPSA) is 75.3 Å². The molecule has 4 rings (SSSR count). The van der Waals surface area contributed by atoms with E-state index in [-0.39, 0.29) is 5.91 Å². The van der Waals surface area contributed by atoms with Gasteiger partial charge in [-0.25, -0.2) is 0 Å². The van der Waals surface area contributed by atoms with Crippen LogP contribution in [0.25, 0.3) is 0 Å². The Labute approximate surface area is 165 Å². The lowest BCUT2D eigenvalue weighted by atomic mass is 9.98. The lowest BCUT2D eigenvalue weighted by molar-refractivity contribution is -0.229. The number of nitrogens with one attached hydrogen (secondary N) is 1. The molecule has 0 unspecified atom stereocenters. The van der Waals surface area contributed by atoms with Crippen LogP contribution in [0, 0.1) is 3.57 Å². The summed E-state index contributed by atoms with van der Waals surface area (Å²) in [5, 5.41) is 2.92. The van der Waals surface area contributed by atoms with Gasteiger partial charge in [0.25, 0.3) is 5.91 Å². The number of carbonyl (C=O) groups is 1. The fourth-order valence-corrected chi connectivity index (χ4v) is 4.11. The second kappa shape index (κ2) is 6.39. The third-order valence-electron chi connectivity index (χ3n) is 4.54. The molecule has 0 saturated carbocycles. The lowest BCUT2D eigenvalue weighted by Gasteiger charge is -2.36. The molecule has 26 heavy (non-hydrogen) atoms. The number of halogens is 1. The number of rotatable bonds is 2. The predicted molar refractivity (Wildman–Crippen MR) is 100 cm³/mol. The first-order valence-corrected chi connectivity index (χ1v) is 9.65. The van der Waals surface area contributed by atoms with E-state index in [9.17, 15) is 4.79 Å². The summed E-state index contributed by atoms with van der Waals surface area (Å²) in [5.41, 5.74) is 0.725. The van der Waals surface area contributed by atoms with E-state index in [2.05, 4.69) is 27.9 Å². The molecule has 3 heterocycles. The van der Waals surface area contributed by atoms with E-state index < -0.39 is 42.3 Å². The second-order valence-electron chi connectivity index (χ2n) is 7.56. The molecule has 3 aliphatic heterocycles. The average Bonchev–Trinajstić information content (AvgIpc) is 3.02. The first kappa shape index (κ1) is 18.6. The fourth-order valence-electron chi connectivity index (χ4n) is 3.59. The number of ether oxygens (including phenoxy) is 5. The van der Waals surface area contributed by atoms with Crippen LogP contribution in [-0.4, -0.2) is 48.2 Å². The molecule has 8 heteroatoms. The molecule has 1 aromatic carbocycles. The summed E-state index contributed by atoms with van der Waals surface area (Å²) in [5.74, 6) is -1.93. The molecule has 1 amide bonds. The van der Waals surface area contributed by atoms with Crippen LogP contribution in [0.1, 0.15) is 27.7 Å². The normalized spacial score (nSPS) is 37.0. The van der Waals surface area contributed by atoms with Crippen LogP contribution in [0.2, 0.25) is 0 Å². The number of hydrogen-bond acceptors (Lipinski definition) is 6. The molecule has 1 aromatic rings. The van der Waals surface area contributed by atoms with E-state index in [1.165, 1.54) is 0 Å². The van der Waals surface area contributed by atoms with Crippen molar-refractivity contribution in [1.82, 2.24) is 0 Å². The Kier molecular flexibility index (Phi) is 4.56. The molecule has 3 fully saturated rings. The van der Waals surface area contributed by atoms with Gasteiger partial charge in [-0.2, -0.15) is 0 Å². The van der Waals surface area contributed by atoms with Crippen molar-refractivity contribution in [3.63, 3.8) is 0 Å². The smallest absolute Gasteiger partial charge is 0.256 e. The SMILES string of the molecule is CC1(C)O[C@H]2[C@@H](O1)[C@@H](C(=O)Nc1ccccc1I)O[C@H]1OC(C)(C)O[C@@H]12. The quantitative estimate of drug-likeness (QED) is 0.664. The number of carbonyl (C=O) groups excluding carboxylic acids is 1. The van der Waals surface area contributed by atoms with Gasteiger partial charge < -0.3 is 29.0 Å².